The molecule has 24 heavy (non-hydrogen) atoms. The van der Waals surface area contributed by atoms with Crippen molar-refractivity contribution in [1.29, 1.82) is 0 Å². The van der Waals surface area contributed by atoms with Gasteiger partial charge in [0.1, 0.15) is 0 Å². The molecule has 1 aromatic rings. The lowest BCUT2D eigenvalue weighted by Crippen LogP contribution is -2.21. The quantitative estimate of drug-likeness (QED) is 0.466. The molecule has 0 saturated heterocycles. The average molecular weight is 359 g/mol. The molecular weight excluding hydrogens is 335 g/mol. The maximum absolute atomic E-state index is 12.5. The molecule has 0 spiro atoms. The van der Waals surface area contributed by atoms with Gasteiger partial charge in [0, 0.05) is 12.1 Å². The molecule has 1 aromatic heterocycles. The summed E-state index contributed by atoms with van der Waals surface area (Å²) in [7, 11) is 0. The van der Waals surface area contributed by atoms with E-state index in [0.717, 1.165) is 56.1 Å². The number of carbonyl (C=O) groups excluding carboxylic acids is 1. The van der Waals surface area contributed by atoms with E-state index in [1.807, 2.05) is 6.08 Å². The zero-order chi connectivity index (χ0) is 17.7. The molecule has 134 valence electrons. The second kappa shape index (κ2) is 8.28. The third-order valence-electron chi connectivity index (χ3n) is 4.80. The van der Waals surface area contributed by atoms with Gasteiger partial charge in [-0.05, 0) is 37.5 Å². The van der Waals surface area contributed by atoms with Gasteiger partial charge >= 0.3 is 6.18 Å². The Morgan fingerprint density at radius 2 is 2.08 bits per heavy atom. The fourth-order valence-corrected chi connectivity index (χ4v) is 4.42. The Morgan fingerprint density at radius 3 is 2.75 bits per heavy atom. The Hall–Kier alpha value is -1.17. The molecule has 2 rings (SSSR count). The number of hydrogen-bond acceptors (Lipinski definition) is 3. The van der Waals surface area contributed by atoms with Crippen molar-refractivity contribution in [3.05, 3.63) is 28.7 Å². The molecule has 3 atom stereocenters. The van der Waals surface area contributed by atoms with Crippen LogP contribution in [0.15, 0.2) is 18.9 Å². The van der Waals surface area contributed by atoms with E-state index in [9.17, 15) is 18.0 Å². The molecule has 0 bridgehead atoms. The Labute approximate surface area is 145 Å². The van der Waals surface area contributed by atoms with Crippen molar-refractivity contribution < 1.29 is 18.0 Å². The molecule has 1 heterocycles. The summed E-state index contributed by atoms with van der Waals surface area (Å²) >= 11 is 0.913. The third kappa shape index (κ3) is 5.16. The molecule has 2 nitrogen and oxygen atoms in total. The number of ketones is 1. The summed E-state index contributed by atoms with van der Waals surface area (Å²) in [6.45, 7) is 6.00. The molecule has 0 aliphatic heterocycles. The van der Waals surface area contributed by atoms with Gasteiger partial charge in [0.15, 0.2) is 0 Å². The molecule has 3 unspecified atom stereocenters. The zero-order valence-corrected chi connectivity index (χ0v) is 14.8. The Morgan fingerprint density at radius 1 is 1.38 bits per heavy atom. The van der Waals surface area contributed by atoms with Gasteiger partial charge in [0.25, 0.3) is 5.78 Å². The van der Waals surface area contributed by atoms with Crippen LogP contribution in [-0.2, 0) is 0 Å². The van der Waals surface area contributed by atoms with E-state index in [2.05, 4.69) is 18.5 Å². The highest BCUT2D eigenvalue weighted by molar-refractivity contribution is 7.13. The lowest BCUT2D eigenvalue weighted by molar-refractivity contribution is -0.0882. The SMILES string of the molecule is C=CC(C)CC1CCCCC(c2ncc(C(=O)C(F)(F)F)s2)CC1. The minimum Gasteiger partial charge on any atom is -0.283 e. The zero-order valence-electron chi connectivity index (χ0n) is 13.9. The summed E-state index contributed by atoms with van der Waals surface area (Å²) in [4.78, 5) is 15.2. The smallest absolute Gasteiger partial charge is 0.283 e. The largest absolute Gasteiger partial charge is 0.455 e. The van der Waals surface area contributed by atoms with Crippen molar-refractivity contribution in [3.63, 3.8) is 0 Å². The number of nitrogens with zero attached hydrogens (tertiary/aromatic N) is 1. The highest BCUT2D eigenvalue weighted by Crippen LogP contribution is 2.37. The first-order valence-electron chi connectivity index (χ1n) is 8.51. The maximum atomic E-state index is 12.5. The fraction of sp³-hybridized carbons (Fsp3) is 0.667. The average Bonchev–Trinajstić information content (AvgIpc) is 2.97. The number of hydrogen-bond donors (Lipinski definition) is 0. The third-order valence-corrected chi connectivity index (χ3v) is 5.96. The first-order chi connectivity index (χ1) is 11.3. The predicted octanol–water partition coefficient (Wildman–Crippen LogP) is 6.15. The van der Waals surface area contributed by atoms with E-state index < -0.39 is 12.0 Å². The molecule has 0 radical (unpaired) electrons. The molecule has 1 saturated carbocycles. The molecule has 6 heteroatoms. The first-order valence-corrected chi connectivity index (χ1v) is 9.32. The molecule has 0 aromatic carbocycles. The number of aromatic nitrogens is 1. The van der Waals surface area contributed by atoms with Gasteiger partial charge in [-0.1, -0.05) is 32.3 Å². The Kier molecular flexibility index (Phi) is 6.61. The van der Waals surface area contributed by atoms with E-state index in [4.69, 9.17) is 0 Å². The van der Waals surface area contributed by atoms with Crippen molar-refractivity contribution in [3.8, 4) is 0 Å². The van der Waals surface area contributed by atoms with Crippen LogP contribution in [0.4, 0.5) is 13.2 Å². The van der Waals surface area contributed by atoms with Crippen molar-refractivity contribution in [2.45, 2.75) is 64.0 Å². The molecule has 1 aliphatic carbocycles. The van der Waals surface area contributed by atoms with Crippen LogP contribution >= 0.6 is 11.3 Å². The molecular formula is C18H24F3NOS. The number of Topliss-reactive ketones (excluding diaryl/α,β-unsaturated/α-hetero) is 1. The second-order valence-corrected chi connectivity index (χ2v) is 7.83. The number of rotatable bonds is 5. The van der Waals surface area contributed by atoms with Crippen LogP contribution in [-0.4, -0.2) is 16.9 Å². The molecule has 0 amide bonds. The van der Waals surface area contributed by atoms with E-state index in [1.54, 1.807) is 0 Å². The number of thiazole rings is 1. The van der Waals surface area contributed by atoms with Gasteiger partial charge in [0.05, 0.1) is 9.88 Å². The van der Waals surface area contributed by atoms with E-state index in [1.165, 1.54) is 6.42 Å². The highest BCUT2D eigenvalue weighted by Gasteiger charge is 2.40. The Balaban J connectivity index is 2.02. The number of halogens is 3. The van der Waals surface area contributed by atoms with E-state index >= 15 is 0 Å². The lowest BCUT2D eigenvalue weighted by atomic mass is 9.82. The Bertz CT molecular complexity index is 567. The van der Waals surface area contributed by atoms with Crippen molar-refractivity contribution in [2.75, 3.05) is 0 Å². The van der Waals surface area contributed by atoms with Crippen LogP contribution in [0.25, 0.3) is 0 Å². The van der Waals surface area contributed by atoms with Crippen LogP contribution in [0.2, 0.25) is 0 Å². The van der Waals surface area contributed by atoms with Crippen molar-refractivity contribution in [1.82, 2.24) is 4.98 Å². The summed E-state index contributed by atoms with van der Waals surface area (Å²) in [6.07, 6.45) is 5.71. The van der Waals surface area contributed by atoms with Crippen LogP contribution in [0.1, 0.15) is 72.5 Å². The summed E-state index contributed by atoms with van der Waals surface area (Å²) in [5.41, 5.74) is 0. The standard InChI is InChI=1S/C18H24F3NOS/c1-3-12(2)10-13-6-4-5-7-14(9-8-13)17-22-11-15(24-17)16(23)18(19,20)21/h3,11-14H,1,4-10H2,2H3. The number of alkyl halides is 3. The second-order valence-electron chi connectivity index (χ2n) is 6.76. The summed E-state index contributed by atoms with van der Waals surface area (Å²) < 4.78 is 37.6. The van der Waals surface area contributed by atoms with Crippen molar-refractivity contribution in [2.24, 2.45) is 11.8 Å². The minimum absolute atomic E-state index is 0.173. The predicted molar refractivity (Wildman–Crippen MR) is 90.4 cm³/mol. The minimum atomic E-state index is -4.82. The van der Waals surface area contributed by atoms with Gasteiger partial charge in [-0.3, -0.25) is 4.79 Å². The van der Waals surface area contributed by atoms with Gasteiger partial charge in [-0.15, -0.1) is 17.9 Å². The molecule has 1 aliphatic rings. The van der Waals surface area contributed by atoms with Crippen LogP contribution < -0.4 is 0 Å². The normalized spacial score (nSPS) is 24.0. The molecule has 1 fully saturated rings. The van der Waals surface area contributed by atoms with E-state index in [-0.39, 0.29) is 10.8 Å². The van der Waals surface area contributed by atoms with Gasteiger partial charge in [-0.25, -0.2) is 4.98 Å². The number of allylic oxidation sites excluding steroid dienone is 1. The number of carbonyl (C=O) groups is 1. The van der Waals surface area contributed by atoms with E-state index in [0.29, 0.717) is 16.8 Å². The van der Waals surface area contributed by atoms with Crippen LogP contribution in [0, 0.1) is 11.8 Å². The maximum Gasteiger partial charge on any atom is 0.455 e. The van der Waals surface area contributed by atoms with Gasteiger partial charge in [-0.2, -0.15) is 13.2 Å². The monoisotopic (exact) mass is 359 g/mol. The first kappa shape index (κ1) is 19.2. The summed E-state index contributed by atoms with van der Waals surface area (Å²) in [6, 6.07) is 0. The van der Waals surface area contributed by atoms with Crippen LogP contribution in [0.3, 0.4) is 0 Å². The van der Waals surface area contributed by atoms with Crippen molar-refractivity contribution >= 4 is 17.1 Å². The lowest BCUT2D eigenvalue weighted by Gasteiger charge is -2.25. The molecule has 0 N–H and O–H groups in total. The van der Waals surface area contributed by atoms with Gasteiger partial charge in [0.2, 0.25) is 0 Å². The fourth-order valence-electron chi connectivity index (χ4n) is 3.37. The topological polar surface area (TPSA) is 30.0 Å². The summed E-state index contributed by atoms with van der Waals surface area (Å²) in [5, 5.41) is 0.681. The highest BCUT2D eigenvalue weighted by atomic mass is 32.1. The van der Waals surface area contributed by atoms with Crippen LogP contribution in [0.5, 0.6) is 0 Å². The van der Waals surface area contributed by atoms with Gasteiger partial charge < -0.3 is 0 Å². The summed E-state index contributed by atoms with van der Waals surface area (Å²) in [5.74, 6) is -0.484.